The van der Waals surface area contributed by atoms with E-state index in [1.165, 1.54) is 6.08 Å². The average Bonchev–Trinajstić information content (AvgIpc) is 2.34. The van der Waals surface area contributed by atoms with E-state index in [1.807, 2.05) is 0 Å². The monoisotopic (exact) mass is 246 g/mol. The third-order valence-corrected chi connectivity index (χ3v) is 2.12. The Bertz CT molecular complexity index is 483. The molecule has 4 nitrogen and oxygen atoms in total. The zero-order valence-corrected chi connectivity index (χ0v) is 10.1. The molecule has 0 aliphatic heterocycles. The molecule has 0 aliphatic rings. The number of ether oxygens (including phenoxy) is 1. The largest absolute Gasteiger partial charge is 0.478 e. The Kier molecular flexibility index (Phi) is 4.87. The molecule has 0 atom stereocenters. The Hall–Kier alpha value is -2.36. The summed E-state index contributed by atoms with van der Waals surface area (Å²) in [7, 11) is 0. The van der Waals surface area contributed by atoms with Crippen molar-refractivity contribution in [1.82, 2.24) is 0 Å². The van der Waals surface area contributed by atoms with Gasteiger partial charge in [0.2, 0.25) is 0 Å². The van der Waals surface area contributed by atoms with E-state index in [9.17, 15) is 9.59 Å². The van der Waals surface area contributed by atoms with Crippen molar-refractivity contribution in [3.8, 4) is 0 Å². The lowest BCUT2D eigenvalue weighted by Crippen LogP contribution is -2.04. The van der Waals surface area contributed by atoms with Gasteiger partial charge < -0.3 is 9.84 Å². The maximum Gasteiger partial charge on any atom is 0.333 e. The molecule has 0 fully saturated rings. The van der Waals surface area contributed by atoms with Gasteiger partial charge in [-0.15, -0.1) is 0 Å². The van der Waals surface area contributed by atoms with Crippen LogP contribution in [0.1, 0.15) is 18.1 Å². The van der Waals surface area contributed by atoms with Crippen LogP contribution < -0.4 is 0 Å². The second-order valence-corrected chi connectivity index (χ2v) is 3.77. The molecular formula is C14H14O4. The number of aliphatic carboxylic acids is 1. The van der Waals surface area contributed by atoms with Gasteiger partial charge in [0.05, 0.1) is 0 Å². The molecule has 0 saturated heterocycles. The number of rotatable bonds is 5. The second-order valence-electron chi connectivity index (χ2n) is 3.77. The van der Waals surface area contributed by atoms with Crippen molar-refractivity contribution in [3.63, 3.8) is 0 Å². The Morgan fingerprint density at radius 1 is 1.33 bits per heavy atom. The molecule has 0 saturated carbocycles. The molecule has 18 heavy (non-hydrogen) atoms. The molecule has 1 aromatic rings. The lowest BCUT2D eigenvalue weighted by molar-refractivity contribution is -0.140. The normalized spacial score (nSPS) is 10.3. The first-order valence-electron chi connectivity index (χ1n) is 5.31. The van der Waals surface area contributed by atoms with Crippen LogP contribution in [0.2, 0.25) is 0 Å². The van der Waals surface area contributed by atoms with Crippen LogP contribution in [0.4, 0.5) is 0 Å². The predicted molar refractivity (Wildman–Crippen MR) is 67.7 cm³/mol. The molecule has 4 heteroatoms. The van der Waals surface area contributed by atoms with Gasteiger partial charge >= 0.3 is 11.9 Å². The molecule has 1 aromatic carbocycles. The number of hydrogen-bond donors (Lipinski definition) is 1. The topological polar surface area (TPSA) is 63.6 Å². The molecule has 0 aliphatic carbocycles. The average molecular weight is 246 g/mol. The van der Waals surface area contributed by atoms with Crippen molar-refractivity contribution < 1.29 is 19.4 Å². The highest BCUT2D eigenvalue weighted by Crippen LogP contribution is 2.08. The Labute approximate surface area is 105 Å². The summed E-state index contributed by atoms with van der Waals surface area (Å²) < 4.78 is 4.98. The lowest BCUT2D eigenvalue weighted by Gasteiger charge is -2.04. The molecule has 0 aromatic heterocycles. The zero-order chi connectivity index (χ0) is 13.5. The van der Waals surface area contributed by atoms with Gasteiger partial charge in [-0.05, 0) is 24.1 Å². The smallest absolute Gasteiger partial charge is 0.333 e. The minimum absolute atomic E-state index is 0.175. The highest BCUT2D eigenvalue weighted by Gasteiger charge is 2.03. The first-order chi connectivity index (χ1) is 8.49. The van der Waals surface area contributed by atoms with Crippen LogP contribution in [0.5, 0.6) is 0 Å². The van der Waals surface area contributed by atoms with Crippen LogP contribution in [0, 0.1) is 0 Å². The van der Waals surface area contributed by atoms with Gasteiger partial charge in [-0.25, -0.2) is 9.59 Å². The summed E-state index contributed by atoms with van der Waals surface area (Å²) in [4.78, 5) is 21.5. The summed E-state index contributed by atoms with van der Waals surface area (Å²) in [5.41, 5.74) is 1.96. The van der Waals surface area contributed by atoms with Crippen molar-refractivity contribution in [2.75, 3.05) is 0 Å². The standard InChI is InChI=1S/C14H14O4/c1-10(2)14(17)18-9-12-5-3-11(4-6-12)7-8-13(15)16/h3-8H,1,9H2,2H3,(H,15,16). The van der Waals surface area contributed by atoms with Crippen molar-refractivity contribution in [3.05, 3.63) is 53.6 Å². The summed E-state index contributed by atoms with van der Waals surface area (Å²) in [5, 5.41) is 8.47. The van der Waals surface area contributed by atoms with Crippen molar-refractivity contribution in [2.45, 2.75) is 13.5 Å². The maximum atomic E-state index is 11.2. The third kappa shape index (κ3) is 4.65. The molecule has 94 valence electrons. The number of carbonyl (C=O) groups is 2. The summed E-state index contributed by atoms with van der Waals surface area (Å²) in [6.45, 7) is 5.24. The molecule has 1 N–H and O–H groups in total. The van der Waals surface area contributed by atoms with Crippen LogP contribution in [-0.4, -0.2) is 17.0 Å². The van der Waals surface area contributed by atoms with E-state index in [0.717, 1.165) is 17.2 Å². The highest BCUT2D eigenvalue weighted by atomic mass is 16.5. The van der Waals surface area contributed by atoms with E-state index < -0.39 is 11.9 Å². The molecular weight excluding hydrogens is 232 g/mol. The number of carboxylic acid groups (broad SMARTS) is 1. The van der Waals surface area contributed by atoms with Crippen LogP contribution in [0.3, 0.4) is 0 Å². The van der Waals surface area contributed by atoms with E-state index in [2.05, 4.69) is 6.58 Å². The van der Waals surface area contributed by atoms with Gasteiger partial charge in [-0.2, -0.15) is 0 Å². The fourth-order valence-electron chi connectivity index (χ4n) is 1.16. The van der Waals surface area contributed by atoms with E-state index in [4.69, 9.17) is 9.84 Å². The van der Waals surface area contributed by atoms with Gasteiger partial charge in [0.15, 0.2) is 0 Å². The molecule has 0 unspecified atom stereocenters. The second kappa shape index (κ2) is 6.39. The minimum Gasteiger partial charge on any atom is -0.478 e. The Morgan fingerprint density at radius 2 is 1.94 bits per heavy atom. The number of carbonyl (C=O) groups excluding carboxylic acids is 1. The third-order valence-electron chi connectivity index (χ3n) is 2.12. The SMILES string of the molecule is C=C(C)C(=O)OCc1ccc(C=CC(=O)O)cc1. The van der Waals surface area contributed by atoms with Crippen LogP contribution in [-0.2, 0) is 20.9 Å². The zero-order valence-electron chi connectivity index (χ0n) is 10.1. The summed E-state index contributed by atoms with van der Waals surface area (Å²) >= 11 is 0. The summed E-state index contributed by atoms with van der Waals surface area (Å²) in [6.07, 6.45) is 2.56. The molecule has 0 amide bonds. The first kappa shape index (κ1) is 13.7. The van der Waals surface area contributed by atoms with Crippen molar-refractivity contribution >= 4 is 18.0 Å². The Morgan fingerprint density at radius 3 is 2.44 bits per heavy atom. The fourth-order valence-corrected chi connectivity index (χ4v) is 1.16. The van der Waals surface area contributed by atoms with Gasteiger partial charge in [-0.1, -0.05) is 30.8 Å². The van der Waals surface area contributed by atoms with Crippen LogP contribution in [0.25, 0.3) is 6.08 Å². The van der Waals surface area contributed by atoms with Gasteiger partial charge in [0.1, 0.15) is 6.61 Å². The minimum atomic E-state index is -0.991. The quantitative estimate of drug-likeness (QED) is 0.640. The number of esters is 1. The number of benzene rings is 1. The molecule has 0 bridgehead atoms. The molecule has 0 spiro atoms. The summed E-state index contributed by atoms with van der Waals surface area (Å²) in [5.74, 6) is -1.42. The molecule has 1 rings (SSSR count). The van der Waals surface area contributed by atoms with E-state index in [0.29, 0.717) is 5.57 Å². The summed E-state index contributed by atoms with van der Waals surface area (Å²) in [6, 6.07) is 7.05. The van der Waals surface area contributed by atoms with Gasteiger partial charge in [-0.3, -0.25) is 0 Å². The molecule has 0 heterocycles. The fraction of sp³-hybridized carbons (Fsp3) is 0.143. The maximum absolute atomic E-state index is 11.2. The number of hydrogen-bond acceptors (Lipinski definition) is 3. The van der Waals surface area contributed by atoms with Gasteiger partial charge in [0.25, 0.3) is 0 Å². The van der Waals surface area contributed by atoms with E-state index in [-0.39, 0.29) is 6.61 Å². The van der Waals surface area contributed by atoms with Crippen LogP contribution >= 0.6 is 0 Å². The molecule has 0 radical (unpaired) electrons. The first-order valence-corrected chi connectivity index (χ1v) is 5.31. The van der Waals surface area contributed by atoms with E-state index >= 15 is 0 Å². The highest BCUT2D eigenvalue weighted by molar-refractivity contribution is 5.87. The lowest BCUT2D eigenvalue weighted by atomic mass is 10.1. The predicted octanol–water partition coefficient (Wildman–Crippen LogP) is 2.40. The van der Waals surface area contributed by atoms with Crippen molar-refractivity contribution in [2.24, 2.45) is 0 Å². The van der Waals surface area contributed by atoms with Crippen molar-refractivity contribution in [1.29, 1.82) is 0 Å². The van der Waals surface area contributed by atoms with E-state index in [1.54, 1.807) is 31.2 Å². The van der Waals surface area contributed by atoms with Crippen LogP contribution in [0.15, 0.2) is 42.5 Å². The van der Waals surface area contributed by atoms with Gasteiger partial charge in [0, 0.05) is 11.6 Å². The Balaban J connectivity index is 2.58. The number of carboxylic acids is 1.